The first-order valence-corrected chi connectivity index (χ1v) is 7.71. The van der Waals surface area contributed by atoms with Crippen LogP contribution in [-0.4, -0.2) is 35.3 Å². The minimum absolute atomic E-state index is 0.329. The van der Waals surface area contributed by atoms with Crippen molar-refractivity contribution in [3.63, 3.8) is 0 Å². The van der Waals surface area contributed by atoms with Crippen LogP contribution in [-0.2, 0) is 4.74 Å². The van der Waals surface area contributed by atoms with Crippen molar-refractivity contribution in [3.8, 4) is 0 Å². The molecule has 1 saturated carbocycles. The van der Waals surface area contributed by atoms with Gasteiger partial charge in [0.05, 0.1) is 11.8 Å². The molecule has 5 heteroatoms. The van der Waals surface area contributed by atoms with E-state index in [1.807, 2.05) is 0 Å². The Hall–Kier alpha value is -1.36. The average Bonchev–Trinajstić information content (AvgIpc) is 3.13. The summed E-state index contributed by atoms with van der Waals surface area (Å²) >= 11 is 0. The number of hydrogen-bond donors (Lipinski definition) is 2. The fraction of sp³-hybridized carbons (Fsp3) is 0.733. The Labute approximate surface area is 120 Å². The third-order valence-corrected chi connectivity index (χ3v) is 3.69. The summed E-state index contributed by atoms with van der Waals surface area (Å²) in [7, 11) is 0. The quantitative estimate of drug-likeness (QED) is 0.836. The predicted octanol–water partition coefficient (Wildman–Crippen LogP) is 2.77. The smallest absolute Gasteiger partial charge is 0.225 e. The molecule has 20 heavy (non-hydrogen) atoms. The number of aromatic nitrogens is 2. The van der Waals surface area contributed by atoms with Gasteiger partial charge in [-0.3, -0.25) is 0 Å². The molecule has 110 valence electrons. The summed E-state index contributed by atoms with van der Waals surface area (Å²) in [4.78, 5) is 9.18. The molecule has 2 heterocycles. The van der Waals surface area contributed by atoms with Crippen LogP contribution in [0.4, 0.5) is 11.8 Å². The molecule has 1 saturated heterocycles. The maximum absolute atomic E-state index is 5.64. The van der Waals surface area contributed by atoms with Crippen molar-refractivity contribution < 1.29 is 4.74 Å². The molecule has 1 aromatic rings. The molecule has 5 nitrogen and oxygen atoms in total. The summed E-state index contributed by atoms with van der Waals surface area (Å²) in [6.07, 6.45) is 5.15. The zero-order chi connectivity index (χ0) is 13.9. The zero-order valence-electron chi connectivity index (χ0n) is 12.4. The Morgan fingerprint density at radius 1 is 1.30 bits per heavy atom. The third-order valence-electron chi connectivity index (χ3n) is 3.69. The molecular weight excluding hydrogens is 252 g/mol. The highest BCUT2D eigenvalue weighted by molar-refractivity contribution is 5.44. The molecule has 2 aliphatic rings. The lowest BCUT2D eigenvalue weighted by molar-refractivity contribution is 0.120. The number of nitrogens with one attached hydrogen (secondary N) is 2. The number of hydrogen-bond acceptors (Lipinski definition) is 5. The largest absolute Gasteiger partial charge is 0.376 e. The number of ether oxygens (including phenoxy) is 1. The number of nitrogens with zero attached hydrogens (tertiary/aromatic N) is 2. The molecule has 2 fully saturated rings. The van der Waals surface area contributed by atoms with E-state index < -0.39 is 0 Å². The van der Waals surface area contributed by atoms with E-state index in [1.165, 1.54) is 19.3 Å². The summed E-state index contributed by atoms with van der Waals surface area (Å²) in [6, 6.07) is 2.44. The molecule has 1 atom stereocenters. The second kappa shape index (κ2) is 5.95. The van der Waals surface area contributed by atoms with Crippen molar-refractivity contribution in [2.24, 2.45) is 0 Å². The molecule has 2 N–H and O–H groups in total. The molecule has 3 rings (SSSR count). The van der Waals surface area contributed by atoms with Crippen LogP contribution in [0.3, 0.4) is 0 Å². The predicted molar refractivity (Wildman–Crippen MR) is 80.2 cm³/mol. The van der Waals surface area contributed by atoms with Crippen LogP contribution in [0.5, 0.6) is 0 Å². The van der Waals surface area contributed by atoms with Crippen molar-refractivity contribution >= 4 is 11.8 Å². The van der Waals surface area contributed by atoms with Crippen LogP contribution in [0.2, 0.25) is 0 Å². The molecule has 0 bridgehead atoms. The maximum atomic E-state index is 5.64. The Bertz CT molecular complexity index is 453. The summed E-state index contributed by atoms with van der Waals surface area (Å²) in [5, 5.41) is 6.71. The lowest BCUT2D eigenvalue weighted by Crippen LogP contribution is -2.20. The molecule has 1 aliphatic heterocycles. The van der Waals surface area contributed by atoms with Crippen molar-refractivity contribution in [2.75, 3.05) is 23.8 Å². The average molecular weight is 276 g/mol. The van der Waals surface area contributed by atoms with Crippen LogP contribution in [0.1, 0.15) is 51.1 Å². The van der Waals surface area contributed by atoms with Crippen molar-refractivity contribution in [2.45, 2.75) is 57.6 Å². The van der Waals surface area contributed by atoms with E-state index in [2.05, 4.69) is 40.5 Å². The first-order valence-electron chi connectivity index (χ1n) is 7.71. The molecule has 0 amide bonds. The van der Waals surface area contributed by atoms with Crippen molar-refractivity contribution in [1.82, 2.24) is 9.97 Å². The fourth-order valence-corrected chi connectivity index (χ4v) is 2.49. The first-order chi connectivity index (χ1) is 9.70. The van der Waals surface area contributed by atoms with Crippen LogP contribution < -0.4 is 10.6 Å². The van der Waals surface area contributed by atoms with Crippen LogP contribution in [0.25, 0.3) is 0 Å². The standard InChI is InChI=1S/C15H24N4O/c1-10(2)17-15-18-13(11-5-6-11)8-14(19-15)16-9-12-4-3-7-20-12/h8,10-12H,3-7,9H2,1-2H3,(H2,16,17,18,19)/t12-/m1/s1. The molecule has 0 spiro atoms. The van der Waals surface area contributed by atoms with E-state index in [0.717, 1.165) is 37.0 Å². The van der Waals surface area contributed by atoms with Gasteiger partial charge in [0.2, 0.25) is 5.95 Å². The highest BCUT2D eigenvalue weighted by Crippen LogP contribution is 2.39. The molecule has 0 aromatic carbocycles. The lowest BCUT2D eigenvalue weighted by Gasteiger charge is -2.14. The van der Waals surface area contributed by atoms with Crippen LogP contribution in [0.15, 0.2) is 6.07 Å². The molecule has 1 aromatic heterocycles. The van der Waals surface area contributed by atoms with Gasteiger partial charge in [-0.15, -0.1) is 0 Å². The van der Waals surface area contributed by atoms with E-state index in [4.69, 9.17) is 4.74 Å². The molecule has 0 radical (unpaired) electrons. The van der Waals surface area contributed by atoms with Crippen LogP contribution >= 0.6 is 0 Å². The molecule has 0 unspecified atom stereocenters. The van der Waals surface area contributed by atoms with E-state index in [1.54, 1.807) is 0 Å². The summed E-state index contributed by atoms with van der Waals surface area (Å²) in [5.74, 6) is 2.29. The summed E-state index contributed by atoms with van der Waals surface area (Å²) < 4.78 is 5.64. The van der Waals surface area contributed by atoms with Crippen molar-refractivity contribution in [1.29, 1.82) is 0 Å². The minimum atomic E-state index is 0.329. The van der Waals surface area contributed by atoms with Gasteiger partial charge >= 0.3 is 0 Å². The topological polar surface area (TPSA) is 59.1 Å². The maximum Gasteiger partial charge on any atom is 0.225 e. The van der Waals surface area contributed by atoms with Gasteiger partial charge in [-0.25, -0.2) is 4.98 Å². The molecule has 1 aliphatic carbocycles. The minimum Gasteiger partial charge on any atom is -0.376 e. The Morgan fingerprint density at radius 3 is 2.80 bits per heavy atom. The second-order valence-electron chi connectivity index (χ2n) is 6.09. The van der Waals surface area contributed by atoms with Gasteiger partial charge in [0, 0.05) is 31.2 Å². The lowest BCUT2D eigenvalue weighted by atomic mass is 10.2. The van der Waals surface area contributed by atoms with E-state index >= 15 is 0 Å². The Morgan fingerprint density at radius 2 is 2.15 bits per heavy atom. The van der Waals surface area contributed by atoms with E-state index in [-0.39, 0.29) is 0 Å². The highest BCUT2D eigenvalue weighted by atomic mass is 16.5. The van der Waals surface area contributed by atoms with Gasteiger partial charge in [-0.1, -0.05) is 0 Å². The monoisotopic (exact) mass is 276 g/mol. The van der Waals surface area contributed by atoms with Gasteiger partial charge in [0.25, 0.3) is 0 Å². The second-order valence-corrected chi connectivity index (χ2v) is 6.09. The van der Waals surface area contributed by atoms with Gasteiger partial charge in [0.1, 0.15) is 5.82 Å². The fourth-order valence-electron chi connectivity index (χ4n) is 2.49. The van der Waals surface area contributed by atoms with E-state index in [0.29, 0.717) is 18.1 Å². The van der Waals surface area contributed by atoms with Crippen LogP contribution in [0, 0.1) is 0 Å². The van der Waals surface area contributed by atoms with Crippen molar-refractivity contribution in [3.05, 3.63) is 11.8 Å². The van der Waals surface area contributed by atoms with Gasteiger partial charge in [-0.05, 0) is 39.5 Å². The Balaban J connectivity index is 1.68. The highest BCUT2D eigenvalue weighted by Gasteiger charge is 2.26. The van der Waals surface area contributed by atoms with Gasteiger partial charge < -0.3 is 15.4 Å². The summed E-state index contributed by atoms with van der Waals surface area (Å²) in [5.41, 5.74) is 1.16. The third kappa shape index (κ3) is 3.60. The molecular formula is C15H24N4O. The van der Waals surface area contributed by atoms with E-state index in [9.17, 15) is 0 Å². The Kier molecular flexibility index (Phi) is 4.05. The number of anilines is 2. The van der Waals surface area contributed by atoms with Gasteiger partial charge in [-0.2, -0.15) is 4.98 Å². The summed E-state index contributed by atoms with van der Waals surface area (Å²) in [6.45, 7) is 5.94. The van der Waals surface area contributed by atoms with Gasteiger partial charge in [0.15, 0.2) is 0 Å². The zero-order valence-corrected chi connectivity index (χ0v) is 12.4. The SMILES string of the molecule is CC(C)Nc1nc(NC[C@H]2CCCO2)cc(C2CC2)n1. The number of rotatable bonds is 6. The normalized spacial score (nSPS) is 22.2. The first kappa shape index (κ1) is 13.6.